The average molecular weight is 311 g/mol. The molecule has 0 bridgehead atoms. The van der Waals surface area contributed by atoms with E-state index in [1.165, 1.54) is 6.07 Å². The topological polar surface area (TPSA) is 38.5 Å². The molecule has 104 valence electrons. The standard InChI is InChI=1S/C13H12ClFN4S/c1-7-8(5-18(2)17-7)6-19-12-3-9(14)10(15)4-11(12)16-13(19)20/h3-5H,6H2,1-2H3,(H,16,20). The number of nitrogens with one attached hydrogen (secondary N) is 1. The van der Waals surface area contributed by atoms with Gasteiger partial charge in [-0.3, -0.25) is 4.68 Å². The van der Waals surface area contributed by atoms with Crippen LogP contribution in [-0.2, 0) is 13.6 Å². The van der Waals surface area contributed by atoms with Gasteiger partial charge in [0, 0.05) is 24.9 Å². The van der Waals surface area contributed by atoms with Crippen LogP contribution in [-0.4, -0.2) is 19.3 Å². The summed E-state index contributed by atoms with van der Waals surface area (Å²) in [4.78, 5) is 2.99. The third kappa shape index (κ3) is 2.14. The van der Waals surface area contributed by atoms with Gasteiger partial charge in [-0.2, -0.15) is 5.10 Å². The molecule has 0 spiro atoms. The molecule has 0 unspecified atom stereocenters. The third-order valence-electron chi connectivity index (χ3n) is 3.26. The molecule has 7 heteroatoms. The van der Waals surface area contributed by atoms with Crippen molar-refractivity contribution in [3.8, 4) is 0 Å². The van der Waals surface area contributed by atoms with Gasteiger partial charge in [-0.15, -0.1) is 0 Å². The molecule has 2 aromatic heterocycles. The largest absolute Gasteiger partial charge is 0.330 e. The Morgan fingerprint density at radius 2 is 2.20 bits per heavy atom. The maximum absolute atomic E-state index is 13.5. The van der Waals surface area contributed by atoms with E-state index in [-0.39, 0.29) is 5.02 Å². The van der Waals surface area contributed by atoms with E-state index in [1.54, 1.807) is 10.7 Å². The van der Waals surface area contributed by atoms with Crippen LogP contribution in [0.15, 0.2) is 18.3 Å². The number of hydrogen-bond donors (Lipinski definition) is 1. The molecular formula is C13H12ClFN4S. The predicted octanol–water partition coefficient (Wildman–Crippen LogP) is 3.58. The highest BCUT2D eigenvalue weighted by Crippen LogP contribution is 2.23. The van der Waals surface area contributed by atoms with Crippen molar-refractivity contribution in [1.82, 2.24) is 19.3 Å². The average Bonchev–Trinajstić information content (AvgIpc) is 2.83. The van der Waals surface area contributed by atoms with Crippen LogP contribution < -0.4 is 0 Å². The molecule has 0 fully saturated rings. The zero-order valence-electron chi connectivity index (χ0n) is 10.9. The van der Waals surface area contributed by atoms with E-state index in [9.17, 15) is 4.39 Å². The van der Waals surface area contributed by atoms with E-state index in [2.05, 4.69) is 10.1 Å². The third-order valence-corrected chi connectivity index (χ3v) is 3.87. The molecule has 4 nitrogen and oxygen atoms in total. The first-order chi connectivity index (χ1) is 9.45. The van der Waals surface area contributed by atoms with Crippen molar-refractivity contribution in [2.75, 3.05) is 0 Å². The Morgan fingerprint density at radius 3 is 2.85 bits per heavy atom. The Kier molecular flexibility index (Phi) is 3.14. The van der Waals surface area contributed by atoms with Gasteiger partial charge < -0.3 is 9.55 Å². The predicted molar refractivity (Wildman–Crippen MR) is 79.1 cm³/mol. The minimum Gasteiger partial charge on any atom is -0.330 e. The lowest BCUT2D eigenvalue weighted by molar-refractivity contribution is 0.629. The van der Waals surface area contributed by atoms with E-state index >= 15 is 0 Å². The first-order valence-electron chi connectivity index (χ1n) is 6.02. The van der Waals surface area contributed by atoms with Gasteiger partial charge >= 0.3 is 0 Å². The molecule has 3 rings (SSSR count). The van der Waals surface area contributed by atoms with Crippen LogP contribution in [0, 0.1) is 17.5 Å². The molecule has 0 saturated heterocycles. The number of halogens is 2. The smallest absolute Gasteiger partial charge is 0.178 e. The summed E-state index contributed by atoms with van der Waals surface area (Å²) < 4.78 is 17.7. The molecule has 1 aromatic carbocycles. The zero-order valence-corrected chi connectivity index (χ0v) is 12.5. The lowest BCUT2D eigenvalue weighted by atomic mass is 10.2. The lowest BCUT2D eigenvalue weighted by Gasteiger charge is -2.04. The van der Waals surface area contributed by atoms with Crippen LogP contribution in [0.1, 0.15) is 11.3 Å². The van der Waals surface area contributed by atoms with Crippen molar-refractivity contribution in [3.05, 3.63) is 45.2 Å². The Hall–Kier alpha value is -1.66. The van der Waals surface area contributed by atoms with Crippen molar-refractivity contribution < 1.29 is 4.39 Å². The van der Waals surface area contributed by atoms with Gasteiger partial charge in [0.2, 0.25) is 0 Å². The Morgan fingerprint density at radius 1 is 1.45 bits per heavy atom. The van der Waals surface area contributed by atoms with Crippen LogP contribution in [0.3, 0.4) is 0 Å². The fourth-order valence-corrected chi connectivity index (χ4v) is 2.71. The molecule has 0 aliphatic carbocycles. The SMILES string of the molecule is Cc1nn(C)cc1Cn1c(=S)[nH]c2cc(F)c(Cl)cc21. The summed E-state index contributed by atoms with van der Waals surface area (Å²) in [5.74, 6) is -0.458. The van der Waals surface area contributed by atoms with E-state index in [0.29, 0.717) is 16.8 Å². The molecule has 0 amide bonds. The highest BCUT2D eigenvalue weighted by atomic mass is 35.5. The molecule has 0 saturated carbocycles. The molecule has 1 N–H and O–H groups in total. The fourth-order valence-electron chi connectivity index (χ4n) is 2.28. The van der Waals surface area contributed by atoms with Gasteiger partial charge in [0.05, 0.1) is 28.3 Å². The van der Waals surface area contributed by atoms with E-state index in [0.717, 1.165) is 16.8 Å². The summed E-state index contributed by atoms with van der Waals surface area (Å²) in [5.41, 5.74) is 3.42. The maximum Gasteiger partial charge on any atom is 0.178 e. The van der Waals surface area contributed by atoms with Crippen LogP contribution in [0.2, 0.25) is 5.02 Å². The van der Waals surface area contributed by atoms with Crippen molar-refractivity contribution in [2.45, 2.75) is 13.5 Å². The van der Waals surface area contributed by atoms with Crippen molar-refractivity contribution in [3.63, 3.8) is 0 Å². The summed E-state index contributed by atoms with van der Waals surface area (Å²) in [6.45, 7) is 2.51. The van der Waals surface area contributed by atoms with Gasteiger partial charge in [0.15, 0.2) is 4.77 Å². The minimum atomic E-state index is -0.458. The van der Waals surface area contributed by atoms with Gasteiger partial charge in [-0.25, -0.2) is 4.39 Å². The van der Waals surface area contributed by atoms with Gasteiger partial charge in [0.1, 0.15) is 5.82 Å². The van der Waals surface area contributed by atoms with Gasteiger partial charge in [-0.05, 0) is 25.2 Å². The quantitative estimate of drug-likeness (QED) is 0.735. The number of aromatic amines is 1. The van der Waals surface area contributed by atoms with E-state index in [4.69, 9.17) is 23.8 Å². The molecule has 2 heterocycles. The molecule has 0 atom stereocenters. The number of fused-ring (bicyclic) bond motifs is 1. The van der Waals surface area contributed by atoms with Gasteiger partial charge in [-0.1, -0.05) is 11.6 Å². The zero-order chi connectivity index (χ0) is 14.4. The maximum atomic E-state index is 13.5. The Labute approximate surface area is 124 Å². The Balaban J connectivity index is 2.16. The second-order valence-electron chi connectivity index (χ2n) is 4.71. The second kappa shape index (κ2) is 4.71. The highest BCUT2D eigenvalue weighted by Gasteiger charge is 2.11. The van der Waals surface area contributed by atoms with Gasteiger partial charge in [0.25, 0.3) is 0 Å². The molecule has 20 heavy (non-hydrogen) atoms. The first kappa shape index (κ1) is 13.3. The number of imidazole rings is 1. The van der Waals surface area contributed by atoms with Crippen molar-refractivity contribution >= 4 is 34.9 Å². The van der Waals surface area contributed by atoms with Crippen LogP contribution in [0.25, 0.3) is 11.0 Å². The van der Waals surface area contributed by atoms with Crippen molar-refractivity contribution in [1.29, 1.82) is 0 Å². The summed E-state index contributed by atoms with van der Waals surface area (Å²) in [6, 6.07) is 2.95. The number of rotatable bonds is 2. The van der Waals surface area contributed by atoms with Crippen LogP contribution in [0.5, 0.6) is 0 Å². The van der Waals surface area contributed by atoms with Crippen molar-refractivity contribution in [2.24, 2.45) is 7.05 Å². The second-order valence-corrected chi connectivity index (χ2v) is 5.51. The lowest BCUT2D eigenvalue weighted by Crippen LogP contribution is -2.00. The number of aromatic nitrogens is 4. The van der Waals surface area contributed by atoms with E-state index < -0.39 is 5.82 Å². The summed E-state index contributed by atoms with van der Waals surface area (Å²) >= 11 is 11.2. The molecule has 3 aromatic rings. The summed E-state index contributed by atoms with van der Waals surface area (Å²) in [7, 11) is 1.87. The summed E-state index contributed by atoms with van der Waals surface area (Å²) in [6.07, 6.45) is 1.95. The minimum absolute atomic E-state index is 0.0863. The number of H-pyrrole nitrogens is 1. The van der Waals surface area contributed by atoms with Crippen LogP contribution >= 0.6 is 23.8 Å². The van der Waals surface area contributed by atoms with Crippen LogP contribution in [0.4, 0.5) is 4.39 Å². The monoisotopic (exact) mass is 310 g/mol. The molecule has 0 aliphatic rings. The highest BCUT2D eigenvalue weighted by molar-refractivity contribution is 7.71. The fraction of sp³-hybridized carbons (Fsp3) is 0.231. The molecule has 0 radical (unpaired) electrons. The summed E-state index contributed by atoms with van der Waals surface area (Å²) in [5, 5.41) is 4.39. The van der Waals surface area contributed by atoms with E-state index in [1.807, 2.05) is 24.7 Å². The first-order valence-corrected chi connectivity index (χ1v) is 6.81. The normalized spacial score (nSPS) is 11.4. The number of nitrogens with zero attached hydrogens (tertiary/aromatic N) is 3. The number of hydrogen-bond acceptors (Lipinski definition) is 2. The Bertz CT molecular complexity index is 861. The number of aryl methyl sites for hydroxylation is 2. The molecule has 0 aliphatic heterocycles. The number of benzene rings is 1. The molecular weight excluding hydrogens is 299 g/mol.